The van der Waals surface area contributed by atoms with E-state index in [4.69, 9.17) is 10.5 Å². The third kappa shape index (κ3) is 2.15. The van der Waals surface area contributed by atoms with Gasteiger partial charge in [-0.3, -0.25) is 0 Å². The second-order valence-corrected chi connectivity index (χ2v) is 4.65. The summed E-state index contributed by atoms with van der Waals surface area (Å²) in [6, 6.07) is 4.43. The number of rotatable bonds is 3. The number of nitrogens with one attached hydrogen (secondary N) is 1. The van der Waals surface area contributed by atoms with Crippen molar-refractivity contribution in [2.24, 2.45) is 0 Å². The molecule has 1 aromatic heterocycles. The fraction of sp³-hybridized carbons (Fsp3) is 0.583. The van der Waals surface area contributed by atoms with Gasteiger partial charge in [0.15, 0.2) is 0 Å². The van der Waals surface area contributed by atoms with E-state index in [0.29, 0.717) is 11.9 Å². The van der Waals surface area contributed by atoms with Crippen LogP contribution in [-0.4, -0.2) is 37.3 Å². The standard InChI is InChI=1S/C12H18N4O/c13-12-10(14-9-4-7-17-8-9)2-3-11(15-12)16-5-1-6-16/h2-3,9,14H,1,4-8H2,(H2,13,15). The maximum atomic E-state index is 5.97. The molecule has 2 aliphatic heterocycles. The zero-order valence-corrected chi connectivity index (χ0v) is 9.85. The van der Waals surface area contributed by atoms with Crippen molar-refractivity contribution in [1.29, 1.82) is 0 Å². The summed E-state index contributed by atoms with van der Waals surface area (Å²) in [6.45, 7) is 3.77. The first-order valence-electron chi connectivity index (χ1n) is 6.19. The van der Waals surface area contributed by atoms with Crippen LogP contribution in [0.2, 0.25) is 0 Å². The Bertz CT molecular complexity index is 399. The van der Waals surface area contributed by atoms with Gasteiger partial charge in [-0.2, -0.15) is 0 Å². The fourth-order valence-electron chi connectivity index (χ4n) is 2.18. The van der Waals surface area contributed by atoms with Crippen LogP contribution in [0.3, 0.4) is 0 Å². The average molecular weight is 234 g/mol. The monoisotopic (exact) mass is 234 g/mol. The van der Waals surface area contributed by atoms with Gasteiger partial charge in [0.25, 0.3) is 0 Å². The van der Waals surface area contributed by atoms with Crippen molar-refractivity contribution in [2.45, 2.75) is 18.9 Å². The van der Waals surface area contributed by atoms with Crippen LogP contribution in [0.4, 0.5) is 17.3 Å². The second kappa shape index (κ2) is 4.41. The molecule has 92 valence electrons. The lowest BCUT2D eigenvalue weighted by atomic mass is 10.2. The third-order valence-corrected chi connectivity index (χ3v) is 3.38. The first-order valence-corrected chi connectivity index (χ1v) is 6.19. The van der Waals surface area contributed by atoms with Crippen LogP contribution in [0.1, 0.15) is 12.8 Å². The summed E-state index contributed by atoms with van der Waals surface area (Å²) in [4.78, 5) is 6.67. The van der Waals surface area contributed by atoms with Gasteiger partial charge in [-0.1, -0.05) is 0 Å². The Morgan fingerprint density at radius 1 is 1.41 bits per heavy atom. The average Bonchev–Trinajstić information content (AvgIpc) is 2.72. The molecule has 1 aromatic rings. The van der Waals surface area contributed by atoms with Crippen LogP contribution in [0, 0.1) is 0 Å². The van der Waals surface area contributed by atoms with Crippen molar-refractivity contribution in [3.8, 4) is 0 Å². The van der Waals surface area contributed by atoms with E-state index < -0.39 is 0 Å². The van der Waals surface area contributed by atoms with Gasteiger partial charge in [0, 0.05) is 19.7 Å². The van der Waals surface area contributed by atoms with E-state index in [1.54, 1.807) is 0 Å². The molecule has 5 heteroatoms. The molecule has 0 saturated carbocycles. The molecular formula is C12H18N4O. The number of pyridine rings is 1. The van der Waals surface area contributed by atoms with Crippen LogP contribution in [0.25, 0.3) is 0 Å². The number of nitrogens with zero attached hydrogens (tertiary/aromatic N) is 2. The zero-order chi connectivity index (χ0) is 11.7. The van der Waals surface area contributed by atoms with Gasteiger partial charge in [0.1, 0.15) is 11.6 Å². The molecule has 3 N–H and O–H groups in total. The minimum absolute atomic E-state index is 0.369. The number of anilines is 3. The zero-order valence-electron chi connectivity index (χ0n) is 9.85. The van der Waals surface area contributed by atoms with Crippen LogP contribution < -0.4 is 16.0 Å². The van der Waals surface area contributed by atoms with Crippen molar-refractivity contribution in [2.75, 3.05) is 42.3 Å². The lowest BCUT2D eigenvalue weighted by Gasteiger charge is -2.32. The summed E-state index contributed by atoms with van der Waals surface area (Å²) in [5.74, 6) is 1.57. The Balaban J connectivity index is 1.71. The van der Waals surface area contributed by atoms with Crippen LogP contribution in [-0.2, 0) is 4.74 Å². The summed E-state index contributed by atoms with van der Waals surface area (Å²) >= 11 is 0. The number of nitrogen functional groups attached to an aromatic ring is 1. The lowest BCUT2D eigenvalue weighted by Crippen LogP contribution is -2.37. The highest BCUT2D eigenvalue weighted by Gasteiger charge is 2.19. The van der Waals surface area contributed by atoms with Crippen molar-refractivity contribution in [3.63, 3.8) is 0 Å². The highest BCUT2D eigenvalue weighted by molar-refractivity contribution is 5.65. The van der Waals surface area contributed by atoms with Crippen molar-refractivity contribution in [3.05, 3.63) is 12.1 Å². The molecule has 2 saturated heterocycles. The van der Waals surface area contributed by atoms with Crippen LogP contribution in [0.5, 0.6) is 0 Å². The van der Waals surface area contributed by atoms with E-state index in [0.717, 1.165) is 44.2 Å². The van der Waals surface area contributed by atoms with E-state index in [1.165, 1.54) is 6.42 Å². The smallest absolute Gasteiger partial charge is 0.149 e. The molecule has 3 rings (SSSR count). The molecule has 0 spiro atoms. The maximum Gasteiger partial charge on any atom is 0.149 e. The number of ether oxygens (including phenoxy) is 1. The first kappa shape index (κ1) is 10.7. The van der Waals surface area contributed by atoms with Crippen LogP contribution >= 0.6 is 0 Å². The normalized spacial score (nSPS) is 23.5. The summed E-state index contributed by atoms with van der Waals surface area (Å²) < 4.78 is 5.33. The van der Waals surface area contributed by atoms with Gasteiger partial charge in [-0.25, -0.2) is 4.98 Å². The molecule has 0 amide bonds. The minimum Gasteiger partial charge on any atom is -0.382 e. The SMILES string of the molecule is Nc1nc(N2CCC2)ccc1NC1CCOC1. The summed E-state index contributed by atoms with van der Waals surface area (Å²) in [7, 11) is 0. The molecule has 1 unspecified atom stereocenters. The van der Waals surface area contributed by atoms with Gasteiger partial charge in [0.2, 0.25) is 0 Å². The highest BCUT2D eigenvalue weighted by Crippen LogP contribution is 2.25. The predicted molar refractivity (Wildman–Crippen MR) is 68.3 cm³/mol. The molecule has 2 fully saturated rings. The highest BCUT2D eigenvalue weighted by atomic mass is 16.5. The van der Waals surface area contributed by atoms with Gasteiger partial charge >= 0.3 is 0 Å². The number of aromatic nitrogens is 1. The Morgan fingerprint density at radius 3 is 2.88 bits per heavy atom. The molecule has 5 nitrogen and oxygen atoms in total. The molecule has 2 aliphatic rings. The topological polar surface area (TPSA) is 63.4 Å². The second-order valence-electron chi connectivity index (χ2n) is 4.65. The maximum absolute atomic E-state index is 5.97. The first-order chi connectivity index (χ1) is 8.33. The molecule has 1 atom stereocenters. The Labute approximate surface area is 101 Å². The quantitative estimate of drug-likeness (QED) is 0.819. The molecule has 0 aliphatic carbocycles. The Hall–Kier alpha value is -1.49. The number of hydrogen-bond acceptors (Lipinski definition) is 5. The molecule has 3 heterocycles. The van der Waals surface area contributed by atoms with E-state index >= 15 is 0 Å². The number of hydrogen-bond donors (Lipinski definition) is 2. The van der Waals surface area contributed by atoms with Crippen LogP contribution in [0.15, 0.2) is 12.1 Å². The summed E-state index contributed by atoms with van der Waals surface area (Å²) in [6.07, 6.45) is 2.29. The molecule has 17 heavy (non-hydrogen) atoms. The summed E-state index contributed by atoms with van der Waals surface area (Å²) in [5.41, 5.74) is 6.90. The van der Waals surface area contributed by atoms with Crippen molar-refractivity contribution in [1.82, 2.24) is 4.98 Å². The molecular weight excluding hydrogens is 216 g/mol. The fourth-order valence-corrected chi connectivity index (χ4v) is 2.18. The molecule has 0 radical (unpaired) electrons. The third-order valence-electron chi connectivity index (χ3n) is 3.38. The summed E-state index contributed by atoms with van der Waals surface area (Å²) in [5, 5.41) is 3.38. The largest absolute Gasteiger partial charge is 0.382 e. The Morgan fingerprint density at radius 2 is 2.29 bits per heavy atom. The molecule has 0 bridgehead atoms. The van der Waals surface area contributed by atoms with Gasteiger partial charge in [-0.05, 0) is 25.0 Å². The van der Waals surface area contributed by atoms with Gasteiger partial charge in [0.05, 0.1) is 18.3 Å². The van der Waals surface area contributed by atoms with E-state index in [2.05, 4.69) is 15.2 Å². The van der Waals surface area contributed by atoms with E-state index in [-0.39, 0.29) is 0 Å². The van der Waals surface area contributed by atoms with Crippen molar-refractivity contribution < 1.29 is 4.74 Å². The van der Waals surface area contributed by atoms with Crippen molar-refractivity contribution >= 4 is 17.3 Å². The van der Waals surface area contributed by atoms with E-state index in [1.807, 2.05) is 12.1 Å². The number of nitrogens with two attached hydrogens (primary N) is 1. The predicted octanol–water partition coefficient (Wildman–Crippen LogP) is 1.07. The van der Waals surface area contributed by atoms with Gasteiger partial charge in [-0.15, -0.1) is 0 Å². The van der Waals surface area contributed by atoms with Gasteiger partial charge < -0.3 is 20.7 Å². The van der Waals surface area contributed by atoms with E-state index in [9.17, 15) is 0 Å². The Kier molecular flexibility index (Phi) is 2.76. The minimum atomic E-state index is 0.369. The molecule has 0 aromatic carbocycles. The lowest BCUT2D eigenvalue weighted by molar-refractivity contribution is 0.195.